The maximum absolute atomic E-state index is 12.6. The lowest BCUT2D eigenvalue weighted by Gasteiger charge is -2.22. The molecule has 4 amide bonds. The third-order valence-corrected chi connectivity index (χ3v) is 5.16. The molecule has 1 fully saturated rings. The molecule has 0 saturated carbocycles. The van der Waals surface area contributed by atoms with Gasteiger partial charge in [0.2, 0.25) is 5.91 Å². The fraction of sp³-hybridized carbons (Fsp3) is 0.550. The van der Waals surface area contributed by atoms with E-state index in [0.717, 1.165) is 16.9 Å². The Kier molecular flexibility index (Phi) is 7.80. The summed E-state index contributed by atoms with van der Waals surface area (Å²) in [6, 6.07) is 5.67. The van der Waals surface area contributed by atoms with Crippen LogP contribution < -0.4 is 15.4 Å². The summed E-state index contributed by atoms with van der Waals surface area (Å²) in [6.07, 6.45) is 1.13. The van der Waals surface area contributed by atoms with Crippen LogP contribution in [0.25, 0.3) is 0 Å². The number of ether oxygens (including phenoxy) is 1. The van der Waals surface area contributed by atoms with Crippen molar-refractivity contribution in [1.82, 2.24) is 15.5 Å². The van der Waals surface area contributed by atoms with E-state index in [1.165, 1.54) is 7.11 Å². The van der Waals surface area contributed by atoms with Gasteiger partial charge >= 0.3 is 6.03 Å². The quantitative estimate of drug-likeness (QED) is 0.523. The number of hydrogen-bond donors (Lipinski definition) is 3. The van der Waals surface area contributed by atoms with Crippen LogP contribution in [0.2, 0.25) is 0 Å². The molecule has 154 valence electrons. The lowest BCUT2D eigenvalue weighted by molar-refractivity contribution is -0.128. The highest BCUT2D eigenvalue weighted by atomic mass is 16.5. The lowest BCUT2D eigenvalue weighted by Crippen LogP contribution is -2.42. The van der Waals surface area contributed by atoms with Gasteiger partial charge in [-0.15, -0.1) is 0 Å². The molecule has 1 aromatic rings. The van der Waals surface area contributed by atoms with E-state index in [0.29, 0.717) is 5.75 Å². The number of hydrogen-bond acceptors (Lipinski definition) is 5. The molecule has 28 heavy (non-hydrogen) atoms. The first kappa shape index (κ1) is 21.7. The summed E-state index contributed by atoms with van der Waals surface area (Å²) in [5, 5.41) is 14.8. The summed E-state index contributed by atoms with van der Waals surface area (Å²) in [5.74, 6) is 0.151. The largest absolute Gasteiger partial charge is 0.496 e. The van der Waals surface area contributed by atoms with Crippen molar-refractivity contribution in [2.45, 2.75) is 51.7 Å². The Bertz CT molecular complexity index is 709. The second kappa shape index (κ2) is 10.1. The van der Waals surface area contributed by atoms with Crippen molar-refractivity contribution in [3.05, 3.63) is 29.8 Å². The number of carbonyl (C=O) groups excluding carboxylic acids is 3. The molecule has 1 aliphatic rings. The maximum atomic E-state index is 12.6. The molecule has 0 spiro atoms. The molecule has 1 saturated heterocycles. The van der Waals surface area contributed by atoms with Gasteiger partial charge < -0.3 is 20.5 Å². The van der Waals surface area contributed by atoms with Crippen molar-refractivity contribution >= 4 is 17.8 Å². The fourth-order valence-corrected chi connectivity index (χ4v) is 3.13. The Morgan fingerprint density at radius 1 is 1.36 bits per heavy atom. The van der Waals surface area contributed by atoms with E-state index in [4.69, 9.17) is 4.74 Å². The Morgan fingerprint density at radius 2 is 2.07 bits per heavy atom. The Morgan fingerprint density at radius 3 is 2.71 bits per heavy atom. The number of benzene rings is 1. The van der Waals surface area contributed by atoms with Crippen LogP contribution in [-0.4, -0.2) is 53.7 Å². The number of nitrogens with one attached hydrogen (secondary N) is 2. The standard InChI is InChI=1S/C20H29N3O5/c1-4-13(2)16(12-24)21-18(25)10-9-15-19(26)23(20(27)22-15)11-14-7-5-6-8-17(14)28-3/h5-8,13,15-16,24H,4,9-12H2,1-3H3,(H,21,25)(H,22,27)/t13-,15+,16-/m1/s1. The van der Waals surface area contributed by atoms with Crippen LogP contribution >= 0.6 is 0 Å². The number of aliphatic hydroxyl groups is 1. The van der Waals surface area contributed by atoms with Gasteiger partial charge in [-0.2, -0.15) is 0 Å². The van der Waals surface area contributed by atoms with Crippen molar-refractivity contribution in [2.24, 2.45) is 5.92 Å². The van der Waals surface area contributed by atoms with Gasteiger partial charge in [0.25, 0.3) is 5.91 Å². The molecule has 3 N–H and O–H groups in total. The highest BCUT2D eigenvalue weighted by Crippen LogP contribution is 2.22. The van der Waals surface area contributed by atoms with E-state index >= 15 is 0 Å². The number of para-hydroxylation sites is 1. The molecule has 1 aromatic carbocycles. The summed E-state index contributed by atoms with van der Waals surface area (Å²) >= 11 is 0. The number of urea groups is 1. The second-order valence-corrected chi connectivity index (χ2v) is 7.02. The molecule has 0 aromatic heterocycles. The van der Waals surface area contributed by atoms with Crippen LogP contribution in [0, 0.1) is 5.92 Å². The smallest absolute Gasteiger partial charge is 0.325 e. The van der Waals surface area contributed by atoms with Crippen LogP contribution in [0.3, 0.4) is 0 Å². The minimum Gasteiger partial charge on any atom is -0.496 e. The van der Waals surface area contributed by atoms with E-state index in [-0.39, 0.29) is 49.8 Å². The number of aliphatic hydroxyl groups excluding tert-OH is 1. The summed E-state index contributed by atoms with van der Waals surface area (Å²) in [7, 11) is 1.53. The van der Waals surface area contributed by atoms with E-state index in [9.17, 15) is 19.5 Å². The molecule has 2 rings (SSSR count). The highest BCUT2D eigenvalue weighted by Gasteiger charge is 2.38. The first-order valence-corrected chi connectivity index (χ1v) is 9.55. The topological polar surface area (TPSA) is 108 Å². The zero-order valence-electron chi connectivity index (χ0n) is 16.6. The molecule has 0 radical (unpaired) electrons. The van der Waals surface area contributed by atoms with Gasteiger partial charge in [-0.25, -0.2) is 4.79 Å². The second-order valence-electron chi connectivity index (χ2n) is 7.02. The van der Waals surface area contributed by atoms with E-state index in [1.54, 1.807) is 12.1 Å². The van der Waals surface area contributed by atoms with Gasteiger partial charge in [-0.1, -0.05) is 38.5 Å². The first-order chi connectivity index (χ1) is 13.4. The summed E-state index contributed by atoms with van der Waals surface area (Å²) in [5.41, 5.74) is 0.728. The van der Waals surface area contributed by atoms with E-state index < -0.39 is 12.1 Å². The minimum absolute atomic E-state index is 0.0894. The zero-order valence-corrected chi connectivity index (χ0v) is 16.6. The predicted octanol–water partition coefficient (Wildman–Crippen LogP) is 1.42. The van der Waals surface area contributed by atoms with Crippen molar-refractivity contribution in [2.75, 3.05) is 13.7 Å². The van der Waals surface area contributed by atoms with Gasteiger partial charge in [0.15, 0.2) is 0 Å². The number of rotatable bonds is 10. The Labute approximate surface area is 165 Å². The lowest BCUT2D eigenvalue weighted by atomic mass is 9.99. The van der Waals surface area contributed by atoms with Gasteiger partial charge in [-0.05, 0) is 18.4 Å². The molecular weight excluding hydrogens is 362 g/mol. The van der Waals surface area contributed by atoms with Crippen LogP contribution in [0.4, 0.5) is 4.79 Å². The van der Waals surface area contributed by atoms with Crippen LogP contribution in [0.1, 0.15) is 38.7 Å². The summed E-state index contributed by atoms with van der Waals surface area (Å²) < 4.78 is 5.26. The predicted molar refractivity (Wildman–Crippen MR) is 104 cm³/mol. The Hall–Kier alpha value is -2.61. The molecule has 0 aliphatic carbocycles. The normalized spacial score (nSPS) is 18.6. The molecule has 1 aliphatic heterocycles. The van der Waals surface area contributed by atoms with Gasteiger partial charge in [0.05, 0.1) is 26.3 Å². The van der Waals surface area contributed by atoms with Gasteiger partial charge in [-0.3, -0.25) is 14.5 Å². The van der Waals surface area contributed by atoms with Crippen LogP contribution in [-0.2, 0) is 16.1 Å². The number of methoxy groups -OCH3 is 1. The summed E-state index contributed by atoms with van der Waals surface area (Å²) in [6.45, 7) is 3.92. The number of nitrogens with zero attached hydrogens (tertiary/aromatic N) is 1. The number of carbonyl (C=O) groups is 3. The van der Waals surface area contributed by atoms with Crippen molar-refractivity contribution < 1.29 is 24.2 Å². The summed E-state index contributed by atoms with van der Waals surface area (Å²) in [4.78, 5) is 38.1. The third kappa shape index (κ3) is 5.22. The van der Waals surface area contributed by atoms with Crippen molar-refractivity contribution in [3.8, 4) is 5.75 Å². The zero-order chi connectivity index (χ0) is 20.7. The minimum atomic E-state index is -0.732. The maximum Gasteiger partial charge on any atom is 0.325 e. The SMILES string of the molecule is CC[C@@H](C)[C@@H](CO)NC(=O)CC[C@@H]1NC(=O)N(Cc2ccccc2OC)C1=O. The first-order valence-electron chi connectivity index (χ1n) is 9.55. The van der Waals surface area contributed by atoms with Gasteiger partial charge in [0, 0.05) is 12.0 Å². The number of imide groups is 1. The van der Waals surface area contributed by atoms with E-state index in [2.05, 4.69) is 10.6 Å². The van der Waals surface area contributed by atoms with Crippen LogP contribution in [0.5, 0.6) is 5.75 Å². The van der Waals surface area contributed by atoms with Crippen molar-refractivity contribution in [3.63, 3.8) is 0 Å². The van der Waals surface area contributed by atoms with E-state index in [1.807, 2.05) is 26.0 Å². The monoisotopic (exact) mass is 391 g/mol. The molecule has 1 heterocycles. The molecular formula is C20H29N3O5. The average Bonchev–Trinajstić information content (AvgIpc) is 2.97. The third-order valence-electron chi connectivity index (χ3n) is 5.16. The van der Waals surface area contributed by atoms with Gasteiger partial charge in [0.1, 0.15) is 11.8 Å². The molecule has 3 atom stereocenters. The molecule has 8 heteroatoms. The fourth-order valence-electron chi connectivity index (χ4n) is 3.13. The molecule has 0 bridgehead atoms. The number of amides is 4. The van der Waals surface area contributed by atoms with Crippen LogP contribution in [0.15, 0.2) is 24.3 Å². The molecule has 0 unspecified atom stereocenters. The average molecular weight is 391 g/mol. The molecule has 8 nitrogen and oxygen atoms in total. The highest BCUT2D eigenvalue weighted by molar-refractivity contribution is 6.04. The Balaban J connectivity index is 1.92. The van der Waals surface area contributed by atoms with Crippen molar-refractivity contribution in [1.29, 1.82) is 0 Å².